The number of hydrogen-bond acceptors (Lipinski definition) is 2. The van der Waals surface area contributed by atoms with Crippen LogP contribution in [0.25, 0.3) is 0 Å². The van der Waals surface area contributed by atoms with Gasteiger partial charge in [-0.1, -0.05) is 13.8 Å². The molecule has 1 N–H and O–H groups in total. The molecule has 0 aliphatic heterocycles. The van der Waals surface area contributed by atoms with Gasteiger partial charge in [-0.15, -0.1) is 0 Å². The van der Waals surface area contributed by atoms with E-state index in [0.717, 1.165) is 12.6 Å². The molecule has 0 spiro atoms. The largest absolute Gasteiger partial charge is 0.388 e. The van der Waals surface area contributed by atoms with E-state index in [-0.39, 0.29) is 0 Å². The zero-order valence-electron chi connectivity index (χ0n) is 8.01. The highest BCUT2D eigenvalue weighted by molar-refractivity contribution is 5.25. The standard InChI is InChI=1S/C10H18N2/c1-8(2)9(6-11-3)7-12-10-4-5-10/h7-8,10,12H,3-6H2,1-2H3/b9-7+. The fourth-order valence-corrected chi connectivity index (χ4v) is 0.999. The first-order valence-electron chi connectivity index (χ1n) is 4.61. The highest BCUT2D eigenvalue weighted by Crippen LogP contribution is 2.19. The molecule has 0 saturated heterocycles. The van der Waals surface area contributed by atoms with E-state index in [1.165, 1.54) is 18.4 Å². The maximum absolute atomic E-state index is 3.90. The first kappa shape index (κ1) is 9.30. The third kappa shape index (κ3) is 3.07. The lowest BCUT2D eigenvalue weighted by molar-refractivity contribution is 0.723. The van der Waals surface area contributed by atoms with Gasteiger partial charge >= 0.3 is 0 Å². The van der Waals surface area contributed by atoms with E-state index < -0.39 is 0 Å². The van der Waals surface area contributed by atoms with Gasteiger partial charge in [0.15, 0.2) is 0 Å². The quantitative estimate of drug-likeness (QED) is 0.620. The first-order chi connectivity index (χ1) is 5.74. The van der Waals surface area contributed by atoms with Crippen molar-refractivity contribution < 1.29 is 0 Å². The smallest absolute Gasteiger partial charge is 0.0611 e. The van der Waals surface area contributed by atoms with Gasteiger partial charge in [0.1, 0.15) is 0 Å². The Hall–Kier alpha value is -0.790. The third-order valence-electron chi connectivity index (χ3n) is 2.12. The number of rotatable bonds is 5. The summed E-state index contributed by atoms with van der Waals surface area (Å²) >= 11 is 0. The van der Waals surface area contributed by atoms with Crippen LogP contribution in [0.5, 0.6) is 0 Å². The maximum atomic E-state index is 3.90. The van der Waals surface area contributed by atoms with E-state index in [0.29, 0.717) is 5.92 Å². The minimum atomic E-state index is 0.571. The Morgan fingerprint density at radius 2 is 2.33 bits per heavy atom. The predicted molar refractivity (Wildman–Crippen MR) is 53.5 cm³/mol. The van der Waals surface area contributed by atoms with E-state index in [4.69, 9.17) is 0 Å². The fraction of sp³-hybridized carbons (Fsp3) is 0.700. The molecule has 0 amide bonds. The second-order valence-corrected chi connectivity index (χ2v) is 3.70. The van der Waals surface area contributed by atoms with Gasteiger partial charge in [0.2, 0.25) is 0 Å². The SMILES string of the molecule is C=NC/C(=C\NC1CC1)C(C)C. The Morgan fingerprint density at radius 3 is 2.75 bits per heavy atom. The van der Waals surface area contributed by atoms with Gasteiger partial charge < -0.3 is 5.32 Å². The lowest BCUT2D eigenvalue weighted by Crippen LogP contribution is -2.11. The normalized spacial score (nSPS) is 18.1. The predicted octanol–water partition coefficient (Wildman–Crippen LogP) is 1.98. The van der Waals surface area contributed by atoms with Gasteiger partial charge in [-0.3, -0.25) is 4.99 Å². The van der Waals surface area contributed by atoms with E-state index in [9.17, 15) is 0 Å². The van der Waals surface area contributed by atoms with Crippen LogP contribution in [-0.2, 0) is 0 Å². The third-order valence-corrected chi connectivity index (χ3v) is 2.12. The second-order valence-electron chi connectivity index (χ2n) is 3.70. The first-order valence-corrected chi connectivity index (χ1v) is 4.61. The Bertz CT molecular complexity index is 178. The molecule has 0 aromatic heterocycles. The summed E-state index contributed by atoms with van der Waals surface area (Å²) in [6, 6.07) is 0.739. The summed E-state index contributed by atoms with van der Waals surface area (Å²) in [5, 5.41) is 3.37. The van der Waals surface area contributed by atoms with Crippen LogP contribution in [0.1, 0.15) is 26.7 Å². The van der Waals surface area contributed by atoms with Crippen LogP contribution in [0.3, 0.4) is 0 Å². The highest BCUT2D eigenvalue weighted by Gasteiger charge is 2.19. The summed E-state index contributed by atoms with van der Waals surface area (Å²) in [7, 11) is 0. The average molecular weight is 166 g/mol. The summed E-state index contributed by atoms with van der Waals surface area (Å²) in [5.41, 5.74) is 1.34. The zero-order chi connectivity index (χ0) is 8.97. The molecule has 1 saturated carbocycles. The molecule has 0 aromatic rings. The number of hydrogen-bond donors (Lipinski definition) is 1. The molecule has 0 heterocycles. The molecule has 0 bridgehead atoms. The van der Waals surface area contributed by atoms with E-state index in [1.807, 2.05) is 0 Å². The van der Waals surface area contributed by atoms with Gasteiger partial charge in [0.25, 0.3) is 0 Å². The molecule has 2 nitrogen and oxygen atoms in total. The van der Waals surface area contributed by atoms with E-state index >= 15 is 0 Å². The fourth-order valence-electron chi connectivity index (χ4n) is 0.999. The molecule has 1 fully saturated rings. The average Bonchev–Trinajstić information content (AvgIpc) is 2.80. The molecular weight excluding hydrogens is 148 g/mol. The Labute approximate surface area is 74.8 Å². The van der Waals surface area contributed by atoms with Crippen molar-refractivity contribution in [3.05, 3.63) is 11.8 Å². The summed E-state index contributed by atoms with van der Waals surface area (Å²) in [4.78, 5) is 3.90. The number of nitrogens with one attached hydrogen (secondary N) is 1. The van der Waals surface area contributed by atoms with Crippen molar-refractivity contribution in [3.8, 4) is 0 Å². The van der Waals surface area contributed by atoms with Crippen molar-refractivity contribution in [1.82, 2.24) is 5.32 Å². The molecule has 0 unspecified atom stereocenters. The summed E-state index contributed by atoms with van der Waals surface area (Å²) < 4.78 is 0. The molecule has 1 rings (SSSR count). The van der Waals surface area contributed by atoms with Crippen LogP contribution in [0.4, 0.5) is 0 Å². The minimum absolute atomic E-state index is 0.571. The molecule has 1 aliphatic rings. The number of aliphatic imine (C=N–C) groups is 1. The van der Waals surface area contributed by atoms with Gasteiger partial charge in [0.05, 0.1) is 6.54 Å². The summed E-state index contributed by atoms with van der Waals surface area (Å²) in [5.74, 6) is 0.571. The molecule has 1 aliphatic carbocycles. The van der Waals surface area contributed by atoms with Crippen LogP contribution in [-0.4, -0.2) is 19.3 Å². The molecule has 0 aromatic carbocycles. The van der Waals surface area contributed by atoms with Crippen molar-refractivity contribution in [1.29, 1.82) is 0 Å². The Kier molecular flexibility index (Phi) is 3.32. The van der Waals surface area contributed by atoms with Gasteiger partial charge in [-0.2, -0.15) is 0 Å². The Morgan fingerprint density at radius 1 is 1.67 bits per heavy atom. The monoisotopic (exact) mass is 166 g/mol. The lowest BCUT2D eigenvalue weighted by atomic mass is 10.1. The van der Waals surface area contributed by atoms with E-state index in [1.54, 1.807) is 0 Å². The van der Waals surface area contributed by atoms with Crippen molar-refractivity contribution in [2.24, 2.45) is 10.9 Å². The summed E-state index contributed by atoms with van der Waals surface area (Å²) in [6.45, 7) is 8.64. The van der Waals surface area contributed by atoms with E-state index in [2.05, 4.69) is 37.1 Å². The van der Waals surface area contributed by atoms with Gasteiger partial charge in [-0.05, 0) is 37.3 Å². The highest BCUT2D eigenvalue weighted by atomic mass is 14.9. The van der Waals surface area contributed by atoms with Crippen LogP contribution in [0.2, 0.25) is 0 Å². The molecule has 68 valence electrons. The topological polar surface area (TPSA) is 24.4 Å². The second kappa shape index (κ2) is 4.29. The van der Waals surface area contributed by atoms with Gasteiger partial charge in [0, 0.05) is 6.04 Å². The maximum Gasteiger partial charge on any atom is 0.0611 e. The van der Waals surface area contributed by atoms with Crippen molar-refractivity contribution >= 4 is 6.72 Å². The minimum Gasteiger partial charge on any atom is -0.388 e. The number of nitrogens with zero attached hydrogens (tertiary/aromatic N) is 1. The molecular formula is C10H18N2. The van der Waals surface area contributed by atoms with Crippen molar-refractivity contribution in [2.75, 3.05) is 6.54 Å². The molecule has 12 heavy (non-hydrogen) atoms. The molecule has 2 heteroatoms. The van der Waals surface area contributed by atoms with Gasteiger partial charge in [-0.25, -0.2) is 0 Å². The van der Waals surface area contributed by atoms with Crippen LogP contribution in [0, 0.1) is 5.92 Å². The van der Waals surface area contributed by atoms with Crippen molar-refractivity contribution in [2.45, 2.75) is 32.7 Å². The van der Waals surface area contributed by atoms with Crippen LogP contribution < -0.4 is 5.32 Å². The molecule has 0 atom stereocenters. The van der Waals surface area contributed by atoms with Crippen LogP contribution >= 0.6 is 0 Å². The molecule has 0 radical (unpaired) electrons. The Balaban J connectivity index is 2.37. The summed E-state index contributed by atoms with van der Waals surface area (Å²) in [6.07, 6.45) is 4.77. The van der Waals surface area contributed by atoms with Crippen molar-refractivity contribution in [3.63, 3.8) is 0 Å². The lowest BCUT2D eigenvalue weighted by Gasteiger charge is -2.08. The van der Waals surface area contributed by atoms with Crippen LogP contribution in [0.15, 0.2) is 16.8 Å². The zero-order valence-corrected chi connectivity index (χ0v) is 8.01.